The minimum atomic E-state index is -0.605. The summed E-state index contributed by atoms with van der Waals surface area (Å²) in [5.41, 5.74) is 5.37. The van der Waals surface area contributed by atoms with Crippen molar-refractivity contribution in [3.05, 3.63) is 29.6 Å². The average molecular weight is 297 g/mol. The van der Waals surface area contributed by atoms with Crippen LogP contribution in [0.5, 0.6) is 0 Å². The van der Waals surface area contributed by atoms with E-state index >= 15 is 0 Å². The summed E-state index contributed by atoms with van der Waals surface area (Å²) < 4.78 is 19.0. The smallest absolute Gasteiger partial charge is 0.326 e. The van der Waals surface area contributed by atoms with E-state index in [9.17, 15) is 9.18 Å². The molecule has 7 heteroatoms. The van der Waals surface area contributed by atoms with Crippen LogP contribution in [0.1, 0.15) is 26.3 Å². The average Bonchev–Trinajstić information content (AvgIpc) is 2.35. The van der Waals surface area contributed by atoms with Gasteiger partial charge in [0.15, 0.2) is 5.84 Å². The SMILES string of the molecule is CN(CC(=O)OC(C)(C)C)c1cc(C(N)=NO)ccc1F. The van der Waals surface area contributed by atoms with Crippen LogP contribution in [0.2, 0.25) is 0 Å². The number of esters is 1. The number of anilines is 1. The number of benzene rings is 1. The van der Waals surface area contributed by atoms with Crippen LogP contribution in [0.25, 0.3) is 0 Å². The number of carbonyl (C=O) groups excluding carboxylic acids is 1. The zero-order valence-electron chi connectivity index (χ0n) is 12.6. The van der Waals surface area contributed by atoms with E-state index in [0.717, 1.165) is 0 Å². The quantitative estimate of drug-likeness (QED) is 0.290. The maximum atomic E-state index is 13.8. The number of rotatable bonds is 4. The fraction of sp³-hybridized carbons (Fsp3) is 0.429. The summed E-state index contributed by atoms with van der Waals surface area (Å²) >= 11 is 0. The Labute approximate surface area is 123 Å². The number of ether oxygens (including phenoxy) is 1. The minimum absolute atomic E-state index is 0.117. The van der Waals surface area contributed by atoms with Gasteiger partial charge in [0.25, 0.3) is 0 Å². The Balaban J connectivity index is 2.92. The first-order valence-corrected chi connectivity index (χ1v) is 6.34. The number of oxime groups is 1. The number of amidine groups is 1. The lowest BCUT2D eigenvalue weighted by atomic mass is 10.1. The summed E-state index contributed by atoms with van der Waals surface area (Å²) in [7, 11) is 1.55. The van der Waals surface area contributed by atoms with Gasteiger partial charge >= 0.3 is 5.97 Å². The van der Waals surface area contributed by atoms with Crippen molar-refractivity contribution in [1.82, 2.24) is 0 Å². The van der Waals surface area contributed by atoms with Crippen molar-refractivity contribution in [3.8, 4) is 0 Å². The second-order valence-electron chi connectivity index (χ2n) is 5.59. The zero-order valence-corrected chi connectivity index (χ0v) is 12.6. The molecule has 0 aromatic heterocycles. The first kappa shape index (κ1) is 16.7. The Bertz CT molecular complexity index is 553. The lowest BCUT2D eigenvalue weighted by molar-refractivity contribution is -0.152. The molecule has 0 spiro atoms. The summed E-state index contributed by atoms with van der Waals surface area (Å²) in [4.78, 5) is 13.2. The Hall–Kier alpha value is -2.31. The van der Waals surface area contributed by atoms with Crippen LogP contribution in [0.3, 0.4) is 0 Å². The predicted molar refractivity (Wildman–Crippen MR) is 78.0 cm³/mol. The van der Waals surface area contributed by atoms with Gasteiger partial charge in [0.2, 0.25) is 0 Å². The minimum Gasteiger partial charge on any atom is -0.459 e. The Morgan fingerprint density at radius 1 is 1.48 bits per heavy atom. The highest BCUT2D eigenvalue weighted by molar-refractivity contribution is 5.98. The van der Waals surface area contributed by atoms with Crippen LogP contribution < -0.4 is 10.6 Å². The van der Waals surface area contributed by atoms with Crippen molar-refractivity contribution >= 4 is 17.5 Å². The zero-order chi connectivity index (χ0) is 16.2. The van der Waals surface area contributed by atoms with Crippen molar-refractivity contribution in [2.24, 2.45) is 10.9 Å². The molecule has 0 saturated carbocycles. The lowest BCUT2D eigenvalue weighted by Crippen LogP contribution is -2.33. The number of hydrogen-bond donors (Lipinski definition) is 2. The Morgan fingerprint density at radius 3 is 2.62 bits per heavy atom. The molecule has 0 aliphatic rings. The van der Waals surface area contributed by atoms with Crippen LogP contribution in [0.4, 0.5) is 10.1 Å². The molecule has 0 unspecified atom stereocenters. The molecule has 1 aromatic carbocycles. The highest BCUT2D eigenvalue weighted by atomic mass is 19.1. The number of nitrogens with two attached hydrogens (primary N) is 1. The molecule has 0 bridgehead atoms. The van der Waals surface area contributed by atoms with E-state index in [4.69, 9.17) is 15.7 Å². The van der Waals surface area contributed by atoms with Crippen LogP contribution in [0.15, 0.2) is 23.4 Å². The monoisotopic (exact) mass is 297 g/mol. The molecule has 0 radical (unpaired) electrons. The summed E-state index contributed by atoms with van der Waals surface area (Å²) in [6, 6.07) is 3.97. The molecule has 0 amide bonds. The van der Waals surface area contributed by atoms with E-state index in [1.54, 1.807) is 27.8 Å². The molecule has 0 fully saturated rings. The number of nitrogens with zero attached hydrogens (tertiary/aromatic N) is 2. The summed E-state index contributed by atoms with van der Waals surface area (Å²) in [6.07, 6.45) is 0. The lowest BCUT2D eigenvalue weighted by Gasteiger charge is -2.24. The molecule has 6 nitrogen and oxygen atoms in total. The van der Waals surface area contributed by atoms with Crippen LogP contribution >= 0.6 is 0 Å². The summed E-state index contributed by atoms with van der Waals surface area (Å²) in [5.74, 6) is -1.13. The van der Waals surface area contributed by atoms with Gasteiger partial charge < -0.3 is 20.6 Å². The van der Waals surface area contributed by atoms with E-state index in [-0.39, 0.29) is 18.1 Å². The third-order valence-electron chi connectivity index (χ3n) is 2.55. The van der Waals surface area contributed by atoms with Gasteiger partial charge in [-0.2, -0.15) is 0 Å². The van der Waals surface area contributed by atoms with Crippen molar-refractivity contribution < 1.29 is 19.1 Å². The molecule has 1 aromatic rings. The summed E-state index contributed by atoms with van der Waals surface area (Å²) in [5, 5.41) is 11.5. The number of hydrogen-bond acceptors (Lipinski definition) is 5. The number of halogens is 1. The molecule has 21 heavy (non-hydrogen) atoms. The fourth-order valence-electron chi connectivity index (χ4n) is 1.67. The second-order valence-corrected chi connectivity index (χ2v) is 5.59. The van der Waals surface area contributed by atoms with E-state index in [2.05, 4.69) is 5.16 Å². The van der Waals surface area contributed by atoms with E-state index in [1.807, 2.05) is 0 Å². The largest absolute Gasteiger partial charge is 0.459 e. The highest BCUT2D eigenvalue weighted by Crippen LogP contribution is 2.20. The van der Waals surface area contributed by atoms with Gasteiger partial charge in [-0.1, -0.05) is 5.16 Å². The van der Waals surface area contributed by atoms with Crippen LogP contribution in [-0.4, -0.2) is 36.2 Å². The maximum Gasteiger partial charge on any atom is 0.326 e. The third-order valence-corrected chi connectivity index (χ3v) is 2.55. The van der Waals surface area contributed by atoms with Gasteiger partial charge in [0.05, 0.1) is 5.69 Å². The Morgan fingerprint density at radius 2 is 2.10 bits per heavy atom. The van der Waals surface area contributed by atoms with E-state index < -0.39 is 17.4 Å². The topological polar surface area (TPSA) is 88.2 Å². The first-order chi connectivity index (χ1) is 9.64. The molecule has 116 valence electrons. The first-order valence-electron chi connectivity index (χ1n) is 6.34. The maximum absolute atomic E-state index is 13.8. The van der Waals surface area contributed by atoms with Crippen molar-refractivity contribution in [2.75, 3.05) is 18.5 Å². The standard InChI is InChI=1S/C14H20FN3O3/c1-14(2,3)21-12(19)8-18(4)11-7-9(13(16)17-20)5-6-10(11)15/h5-7,20H,8H2,1-4H3,(H2,16,17). The Kier molecular flexibility index (Phi) is 5.12. The fourth-order valence-corrected chi connectivity index (χ4v) is 1.67. The molecule has 0 aliphatic heterocycles. The van der Waals surface area contributed by atoms with E-state index in [1.165, 1.54) is 23.1 Å². The third kappa shape index (κ3) is 4.94. The molecule has 3 N–H and O–H groups in total. The second kappa shape index (κ2) is 6.43. The van der Waals surface area contributed by atoms with Gasteiger partial charge in [-0.25, -0.2) is 4.39 Å². The molecule has 0 saturated heterocycles. The van der Waals surface area contributed by atoms with Gasteiger partial charge in [0, 0.05) is 12.6 Å². The highest BCUT2D eigenvalue weighted by Gasteiger charge is 2.19. The molecular weight excluding hydrogens is 277 g/mol. The van der Waals surface area contributed by atoms with Gasteiger partial charge in [-0.05, 0) is 39.0 Å². The van der Waals surface area contributed by atoms with Crippen molar-refractivity contribution in [3.63, 3.8) is 0 Å². The predicted octanol–water partition coefficient (Wildman–Crippen LogP) is 1.70. The van der Waals surface area contributed by atoms with Gasteiger partial charge in [-0.3, -0.25) is 4.79 Å². The molecular formula is C14H20FN3O3. The molecule has 0 atom stereocenters. The molecule has 0 aliphatic carbocycles. The van der Waals surface area contributed by atoms with Crippen molar-refractivity contribution in [1.29, 1.82) is 0 Å². The van der Waals surface area contributed by atoms with E-state index in [0.29, 0.717) is 5.56 Å². The van der Waals surface area contributed by atoms with Gasteiger partial charge in [-0.15, -0.1) is 0 Å². The number of carbonyl (C=O) groups is 1. The molecule has 1 rings (SSSR count). The molecule has 0 heterocycles. The van der Waals surface area contributed by atoms with Crippen molar-refractivity contribution in [2.45, 2.75) is 26.4 Å². The normalized spacial score (nSPS) is 12.1. The summed E-state index contributed by atoms with van der Waals surface area (Å²) in [6.45, 7) is 5.15. The van der Waals surface area contributed by atoms with Crippen LogP contribution in [0, 0.1) is 5.82 Å². The van der Waals surface area contributed by atoms with Gasteiger partial charge in [0.1, 0.15) is 18.0 Å². The number of likely N-dealkylation sites (N-methyl/N-ethyl adjacent to an activating group) is 1. The van der Waals surface area contributed by atoms with Crippen LogP contribution in [-0.2, 0) is 9.53 Å².